The van der Waals surface area contributed by atoms with Crippen LogP contribution in [0.5, 0.6) is 0 Å². The molecule has 2 unspecified atom stereocenters. The Kier molecular flexibility index (Phi) is 3.01. The molecule has 0 radical (unpaired) electrons. The highest BCUT2D eigenvalue weighted by molar-refractivity contribution is 5.92. The first kappa shape index (κ1) is 10.2. The maximum atomic E-state index is 11.7. The quantitative estimate of drug-likeness (QED) is 0.666. The molecule has 5 nitrogen and oxygen atoms in total. The Morgan fingerprint density at radius 1 is 1.67 bits per heavy atom. The van der Waals surface area contributed by atoms with Crippen molar-refractivity contribution in [3.05, 3.63) is 18.0 Å². The molecular formula is C10H16N4O. The molecule has 0 bridgehead atoms. The number of hydrogen-bond acceptors (Lipinski definition) is 3. The number of H-pyrrole nitrogens is 1. The van der Waals surface area contributed by atoms with Gasteiger partial charge in [-0.05, 0) is 31.4 Å². The molecule has 4 N–H and O–H groups in total. The highest BCUT2D eigenvalue weighted by Crippen LogP contribution is 2.24. The number of carbonyl (C=O) groups is 1. The molecule has 0 aromatic carbocycles. The first-order valence-corrected chi connectivity index (χ1v) is 5.31. The third kappa shape index (κ3) is 2.18. The van der Waals surface area contributed by atoms with Gasteiger partial charge in [-0.1, -0.05) is 6.42 Å². The van der Waals surface area contributed by atoms with Gasteiger partial charge < -0.3 is 11.1 Å². The van der Waals surface area contributed by atoms with Gasteiger partial charge in [0.05, 0.1) is 0 Å². The summed E-state index contributed by atoms with van der Waals surface area (Å²) in [7, 11) is 0. The summed E-state index contributed by atoms with van der Waals surface area (Å²) in [6.45, 7) is 0.647. The van der Waals surface area contributed by atoms with E-state index in [1.54, 1.807) is 12.3 Å². The van der Waals surface area contributed by atoms with E-state index >= 15 is 0 Å². The highest BCUT2D eigenvalue weighted by Gasteiger charge is 2.27. The second-order valence-corrected chi connectivity index (χ2v) is 3.98. The summed E-state index contributed by atoms with van der Waals surface area (Å²) < 4.78 is 0. The van der Waals surface area contributed by atoms with Crippen LogP contribution >= 0.6 is 0 Å². The van der Waals surface area contributed by atoms with Crippen molar-refractivity contribution in [3.8, 4) is 0 Å². The number of aromatic nitrogens is 2. The summed E-state index contributed by atoms with van der Waals surface area (Å²) in [5, 5.41) is 9.39. The largest absolute Gasteiger partial charge is 0.348 e. The topological polar surface area (TPSA) is 83.8 Å². The van der Waals surface area contributed by atoms with Gasteiger partial charge in [0.2, 0.25) is 0 Å². The van der Waals surface area contributed by atoms with Gasteiger partial charge in [0.25, 0.3) is 5.91 Å². The van der Waals surface area contributed by atoms with Crippen molar-refractivity contribution in [2.75, 3.05) is 6.54 Å². The van der Waals surface area contributed by atoms with E-state index in [0.717, 1.165) is 19.3 Å². The van der Waals surface area contributed by atoms with E-state index in [-0.39, 0.29) is 11.9 Å². The number of nitrogens with zero attached hydrogens (tertiary/aromatic N) is 1. The summed E-state index contributed by atoms with van der Waals surface area (Å²) in [4.78, 5) is 11.7. The molecule has 1 aliphatic carbocycles. The van der Waals surface area contributed by atoms with E-state index in [2.05, 4.69) is 15.5 Å². The summed E-state index contributed by atoms with van der Waals surface area (Å²) >= 11 is 0. The van der Waals surface area contributed by atoms with Crippen LogP contribution in [0.15, 0.2) is 12.3 Å². The van der Waals surface area contributed by atoms with Gasteiger partial charge >= 0.3 is 0 Å². The van der Waals surface area contributed by atoms with Crippen molar-refractivity contribution >= 4 is 5.91 Å². The number of amides is 1. The lowest BCUT2D eigenvalue weighted by Crippen LogP contribution is -2.40. The maximum absolute atomic E-state index is 11.7. The van der Waals surface area contributed by atoms with Crippen LogP contribution in [0.4, 0.5) is 0 Å². The molecule has 1 saturated carbocycles. The maximum Gasteiger partial charge on any atom is 0.269 e. The molecule has 1 fully saturated rings. The van der Waals surface area contributed by atoms with Crippen LogP contribution in [0.2, 0.25) is 0 Å². The summed E-state index contributed by atoms with van der Waals surface area (Å²) in [6, 6.07) is 1.90. The number of nitrogens with one attached hydrogen (secondary N) is 2. The highest BCUT2D eigenvalue weighted by atomic mass is 16.2. The van der Waals surface area contributed by atoms with Crippen LogP contribution in [0.1, 0.15) is 29.8 Å². The average Bonchev–Trinajstić information content (AvgIpc) is 2.87. The van der Waals surface area contributed by atoms with Crippen molar-refractivity contribution in [2.24, 2.45) is 11.7 Å². The number of carbonyl (C=O) groups excluding carboxylic acids is 1. The van der Waals surface area contributed by atoms with E-state index in [1.165, 1.54) is 0 Å². The standard InChI is InChI=1S/C10H16N4O/c11-6-7-2-1-3-8(7)13-10(15)9-4-5-12-14-9/h4-5,7-8H,1-3,6,11H2,(H,12,14)(H,13,15). The predicted octanol–water partition coefficient (Wildman–Crippen LogP) is 0.267. The van der Waals surface area contributed by atoms with Crippen molar-refractivity contribution < 1.29 is 4.79 Å². The zero-order valence-electron chi connectivity index (χ0n) is 8.57. The molecule has 1 aliphatic rings. The normalized spacial score (nSPS) is 25.4. The van der Waals surface area contributed by atoms with Crippen LogP contribution in [0.25, 0.3) is 0 Å². The number of aromatic amines is 1. The molecule has 1 aromatic heterocycles. The molecular weight excluding hydrogens is 192 g/mol. The minimum atomic E-state index is -0.0853. The molecule has 0 aliphatic heterocycles. The van der Waals surface area contributed by atoms with E-state index in [1.807, 2.05) is 0 Å². The second kappa shape index (κ2) is 4.44. The monoisotopic (exact) mass is 208 g/mol. The smallest absolute Gasteiger partial charge is 0.269 e. The molecule has 2 atom stereocenters. The van der Waals surface area contributed by atoms with Gasteiger partial charge in [0, 0.05) is 12.2 Å². The Hall–Kier alpha value is -1.36. The van der Waals surface area contributed by atoms with Crippen LogP contribution in [0, 0.1) is 5.92 Å². The predicted molar refractivity (Wildman–Crippen MR) is 56.2 cm³/mol. The molecule has 1 heterocycles. The molecule has 82 valence electrons. The van der Waals surface area contributed by atoms with Crippen LogP contribution < -0.4 is 11.1 Å². The Morgan fingerprint density at radius 3 is 3.20 bits per heavy atom. The summed E-state index contributed by atoms with van der Waals surface area (Å²) in [6.07, 6.45) is 4.87. The average molecular weight is 208 g/mol. The lowest BCUT2D eigenvalue weighted by molar-refractivity contribution is 0.0923. The Bertz CT molecular complexity index is 322. The lowest BCUT2D eigenvalue weighted by atomic mass is 10.0. The van der Waals surface area contributed by atoms with Crippen LogP contribution in [-0.4, -0.2) is 28.7 Å². The zero-order valence-corrected chi connectivity index (χ0v) is 8.57. The minimum absolute atomic E-state index is 0.0853. The molecule has 1 amide bonds. The fourth-order valence-corrected chi connectivity index (χ4v) is 2.14. The summed E-state index contributed by atoms with van der Waals surface area (Å²) in [5.41, 5.74) is 6.16. The van der Waals surface area contributed by atoms with Gasteiger partial charge in [-0.2, -0.15) is 5.10 Å². The SMILES string of the molecule is NCC1CCCC1NC(=O)c1ccn[nH]1. The van der Waals surface area contributed by atoms with Gasteiger partial charge in [-0.3, -0.25) is 9.89 Å². The number of rotatable bonds is 3. The Labute approximate surface area is 88.4 Å². The van der Waals surface area contributed by atoms with E-state index in [0.29, 0.717) is 18.2 Å². The molecule has 0 saturated heterocycles. The van der Waals surface area contributed by atoms with E-state index < -0.39 is 0 Å². The Balaban J connectivity index is 1.94. The van der Waals surface area contributed by atoms with Gasteiger partial charge in [-0.25, -0.2) is 0 Å². The van der Waals surface area contributed by atoms with Crippen molar-refractivity contribution in [2.45, 2.75) is 25.3 Å². The fraction of sp³-hybridized carbons (Fsp3) is 0.600. The minimum Gasteiger partial charge on any atom is -0.348 e. The van der Waals surface area contributed by atoms with E-state index in [4.69, 9.17) is 5.73 Å². The molecule has 1 aromatic rings. The lowest BCUT2D eigenvalue weighted by Gasteiger charge is -2.18. The second-order valence-electron chi connectivity index (χ2n) is 3.98. The number of nitrogens with two attached hydrogens (primary N) is 1. The third-order valence-electron chi connectivity index (χ3n) is 3.02. The van der Waals surface area contributed by atoms with Crippen LogP contribution in [0.3, 0.4) is 0 Å². The van der Waals surface area contributed by atoms with E-state index in [9.17, 15) is 4.79 Å². The number of hydrogen-bond donors (Lipinski definition) is 3. The Morgan fingerprint density at radius 2 is 2.53 bits per heavy atom. The van der Waals surface area contributed by atoms with Gasteiger partial charge in [0.1, 0.15) is 5.69 Å². The van der Waals surface area contributed by atoms with Crippen molar-refractivity contribution in [1.82, 2.24) is 15.5 Å². The molecule has 5 heteroatoms. The van der Waals surface area contributed by atoms with Crippen molar-refractivity contribution in [1.29, 1.82) is 0 Å². The molecule has 0 spiro atoms. The van der Waals surface area contributed by atoms with Crippen molar-refractivity contribution in [3.63, 3.8) is 0 Å². The zero-order chi connectivity index (χ0) is 10.7. The van der Waals surface area contributed by atoms with Crippen LogP contribution in [-0.2, 0) is 0 Å². The molecule has 15 heavy (non-hydrogen) atoms. The first-order chi connectivity index (χ1) is 7.31. The third-order valence-corrected chi connectivity index (χ3v) is 3.02. The van der Waals surface area contributed by atoms with Gasteiger partial charge in [-0.15, -0.1) is 0 Å². The van der Waals surface area contributed by atoms with Gasteiger partial charge in [0.15, 0.2) is 0 Å². The first-order valence-electron chi connectivity index (χ1n) is 5.31. The fourth-order valence-electron chi connectivity index (χ4n) is 2.14. The molecule has 2 rings (SSSR count). The summed E-state index contributed by atoms with van der Waals surface area (Å²) in [5.74, 6) is 0.342.